The summed E-state index contributed by atoms with van der Waals surface area (Å²) < 4.78 is 52.7. The minimum Gasteiger partial charge on any atom is -0.399 e. The standard InChI is InChI=1S/C12H11F2N3O2S/c13-10-4-9(15)5-11(12(10)14)20(18,19)17-7-8-2-1-3-16-6-8/h1-6,17H,7,15H2. The molecule has 1 heterocycles. The molecule has 1 aromatic heterocycles. The molecule has 0 unspecified atom stereocenters. The number of nitrogens with one attached hydrogen (secondary N) is 1. The molecule has 8 heteroatoms. The minimum absolute atomic E-state index is 0.0912. The number of rotatable bonds is 4. The molecule has 0 radical (unpaired) electrons. The molecule has 106 valence electrons. The zero-order valence-electron chi connectivity index (χ0n) is 10.2. The maximum absolute atomic E-state index is 13.5. The quantitative estimate of drug-likeness (QED) is 0.836. The number of hydrogen-bond donors (Lipinski definition) is 2. The topological polar surface area (TPSA) is 85.1 Å². The average molecular weight is 299 g/mol. The van der Waals surface area contributed by atoms with Crippen molar-refractivity contribution in [2.75, 3.05) is 5.73 Å². The van der Waals surface area contributed by atoms with Gasteiger partial charge in [0.15, 0.2) is 11.6 Å². The highest BCUT2D eigenvalue weighted by atomic mass is 32.2. The van der Waals surface area contributed by atoms with Crippen molar-refractivity contribution in [2.45, 2.75) is 11.4 Å². The lowest BCUT2D eigenvalue weighted by Crippen LogP contribution is -2.24. The third-order valence-electron chi connectivity index (χ3n) is 2.50. The maximum Gasteiger partial charge on any atom is 0.243 e. The van der Waals surface area contributed by atoms with Gasteiger partial charge in [0.25, 0.3) is 0 Å². The number of pyridine rings is 1. The van der Waals surface area contributed by atoms with Gasteiger partial charge in [0.05, 0.1) is 0 Å². The summed E-state index contributed by atoms with van der Waals surface area (Å²) in [5, 5.41) is 0. The van der Waals surface area contributed by atoms with Crippen molar-refractivity contribution >= 4 is 15.7 Å². The van der Waals surface area contributed by atoms with E-state index in [1.54, 1.807) is 12.1 Å². The van der Waals surface area contributed by atoms with Gasteiger partial charge in [-0.05, 0) is 23.8 Å². The van der Waals surface area contributed by atoms with Crippen LogP contribution in [0, 0.1) is 11.6 Å². The fourth-order valence-corrected chi connectivity index (χ4v) is 2.67. The molecule has 5 nitrogen and oxygen atoms in total. The third kappa shape index (κ3) is 3.09. The molecule has 0 aliphatic carbocycles. The molecule has 1 aromatic carbocycles. The van der Waals surface area contributed by atoms with Crippen LogP contribution in [0.15, 0.2) is 41.6 Å². The van der Waals surface area contributed by atoms with Crippen LogP contribution >= 0.6 is 0 Å². The predicted octanol–water partition coefficient (Wildman–Crippen LogP) is 1.42. The monoisotopic (exact) mass is 299 g/mol. The van der Waals surface area contributed by atoms with Gasteiger partial charge in [0.2, 0.25) is 10.0 Å². The van der Waals surface area contributed by atoms with Gasteiger partial charge < -0.3 is 5.73 Å². The summed E-state index contributed by atoms with van der Waals surface area (Å²) in [6, 6.07) is 4.86. The van der Waals surface area contributed by atoms with Crippen LogP contribution in [0.4, 0.5) is 14.5 Å². The second kappa shape index (κ2) is 5.51. The van der Waals surface area contributed by atoms with Gasteiger partial charge >= 0.3 is 0 Å². The van der Waals surface area contributed by atoms with E-state index in [4.69, 9.17) is 5.73 Å². The Morgan fingerprint density at radius 2 is 2.05 bits per heavy atom. The van der Waals surface area contributed by atoms with Crippen LogP contribution in [0.25, 0.3) is 0 Å². The Kier molecular flexibility index (Phi) is 3.96. The van der Waals surface area contributed by atoms with E-state index in [1.807, 2.05) is 0 Å². The molecule has 2 rings (SSSR count). The zero-order valence-corrected chi connectivity index (χ0v) is 11.0. The van der Waals surface area contributed by atoms with Crippen LogP contribution in [0.3, 0.4) is 0 Å². The molecular weight excluding hydrogens is 288 g/mol. The first kappa shape index (κ1) is 14.4. The van der Waals surface area contributed by atoms with Crippen molar-refractivity contribution in [3.63, 3.8) is 0 Å². The molecule has 3 N–H and O–H groups in total. The Balaban J connectivity index is 2.27. The number of benzene rings is 1. The number of hydrogen-bond acceptors (Lipinski definition) is 4. The van der Waals surface area contributed by atoms with Gasteiger partial charge in [-0.15, -0.1) is 0 Å². The van der Waals surface area contributed by atoms with Crippen molar-refractivity contribution in [2.24, 2.45) is 0 Å². The number of halogens is 2. The smallest absolute Gasteiger partial charge is 0.243 e. The fourth-order valence-electron chi connectivity index (χ4n) is 1.54. The Bertz CT molecular complexity index is 721. The number of nitrogen functional groups attached to an aromatic ring is 1. The van der Waals surface area contributed by atoms with Crippen molar-refractivity contribution in [3.05, 3.63) is 53.9 Å². The highest BCUT2D eigenvalue weighted by molar-refractivity contribution is 7.89. The molecule has 0 aliphatic rings. The highest BCUT2D eigenvalue weighted by Crippen LogP contribution is 2.21. The number of anilines is 1. The van der Waals surface area contributed by atoms with Crippen LogP contribution in [-0.4, -0.2) is 13.4 Å². The lowest BCUT2D eigenvalue weighted by Gasteiger charge is -2.09. The number of nitrogens with two attached hydrogens (primary N) is 1. The van der Waals surface area contributed by atoms with Gasteiger partial charge in [-0.3, -0.25) is 4.98 Å². The second-order valence-electron chi connectivity index (χ2n) is 4.00. The van der Waals surface area contributed by atoms with E-state index in [-0.39, 0.29) is 12.2 Å². The van der Waals surface area contributed by atoms with E-state index in [9.17, 15) is 17.2 Å². The largest absolute Gasteiger partial charge is 0.399 e. The Hall–Kier alpha value is -2.06. The van der Waals surface area contributed by atoms with Crippen molar-refractivity contribution in [1.29, 1.82) is 0 Å². The van der Waals surface area contributed by atoms with Crippen LogP contribution in [0.5, 0.6) is 0 Å². The van der Waals surface area contributed by atoms with Crippen molar-refractivity contribution < 1.29 is 17.2 Å². The summed E-state index contributed by atoms with van der Waals surface area (Å²) in [5.74, 6) is -2.77. The van der Waals surface area contributed by atoms with Crippen molar-refractivity contribution in [3.8, 4) is 0 Å². The van der Waals surface area contributed by atoms with E-state index in [0.717, 1.165) is 12.1 Å². The lowest BCUT2D eigenvalue weighted by atomic mass is 10.3. The molecular formula is C12H11F2N3O2S. The fraction of sp³-hybridized carbons (Fsp3) is 0.0833. The summed E-state index contributed by atoms with van der Waals surface area (Å²) in [6.45, 7) is -0.0912. The zero-order chi connectivity index (χ0) is 14.8. The second-order valence-corrected chi connectivity index (χ2v) is 5.74. The molecule has 0 atom stereocenters. The van der Waals surface area contributed by atoms with Gasteiger partial charge in [-0.2, -0.15) is 0 Å². The maximum atomic E-state index is 13.5. The molecule has 0 spiro atoms. The minimum atomic E-state index is -4.21. The molecule has 0 bridgehead atoms. The van der Waals surface area contributed by atoms with Gasteiger partial charge in [-0.1, -0.05) is 6.07 Å². The van der Waals surface area contributed by atoms with Crippen LogP contribution < -0.4 is 10.5 Å². The molecule has 20 heavy (non-hydrogen) atoms. The molecule has 0 fully saturated rings. The third-order valence-corrected chi connectivity index (χ3v) is 3.90. The average Bonchev–Trinajstić information content (AvgIpc) is 2.42. The predicted molar refractivity (Wildman–Crippen MR) is 69.0 cm³/mol. The SMILES string of the molecule is Nc1cc(F)c(F)c(S(=O)(=O)NCc2cccnc2)c1. The van der Waals surface area contributed by atoms with Crippen molar-refractivity contribution in [1.82, 2.24) is 9.71 Å². The van der Waals surface area contributed by atoms with E-state index in [2.05, 4.69) is 9.71 Å². The Morgan fingerprint density at radius 3 is 2.70 bits per heavy atom. The summed E-state index contributed by atoms with van der Waals surface area (Å²) in [6.07, 6.45) is 2.99. The Morgan fingerprint density at radius 1 is 1.30 bits per heavy atom. The first-order valence-corrected chi connectivity index (χ1v) is 7.01. The summed E-state index contributed by atoms with van der Waals surface area (Å²) >= 11 is 0. The van der Waals surface area contributed by atoms with E-state index < -0.39 is 26.6 Å². The van der Waals surface area contributed by atoms with E-state index >= 15 is 0 Å². The Labute approximate surface area is 114 Å². The van der Waals surface area contributed by atoms with Gasteiger partial charge in [-0.25, -0.2) is 21.9 Å². The van der Waals surface area contributed by atoms with Crippen LogP contribution in [0.1, 0.15) is 5.56 Å². The molecule has 2 aromatic rings. The summed E-state index contributed by atoms with van der Waals surface area (Å²) in [5.41, 5.74) is 5.73. The van der Waals surface area contributed by atoms with Gasteiger partial charge in [0, 0.05) is 24.6 Å². The number of sulfonamides is 1. The summed E-state index contributed by atoms with van der Waals surface area (Å²) in [4.78, 5) is 2.99. The van der Waals surface area contributed by atoms with Crippen LogP contribution in [0.2, 0.25) is 0 Å². The first-order chi connectivity index (χ1) is 9.40. The number of nitrogens with zero attached hydrogens (tertiary/aromatic N) is 1. The summed E-state index contributed by atoms with van der Waals surface area (Å²) in [7, 11) is -4.21. The normalized spacial score (nSPS) is 11.5. The molecule has 0 saturated carbocycles. The number of aromatic nitrogens is 1. The van der Waals surface area contributed by atoms with E-state index in [1.165, 1.54) is 12.4 Å². The lowest BCUT2D eigenvalue weighted by molar-refractivity contribution is 0.484. The molecule has 0 amide bonds. The molecule has 0 saturated heterocycles. The van der Waals surface area contributed by atoms with Crippen LogP contribution in [-0.2, 0) is 16.6 Å². The van der Waals surface area contributed by atoms with Gasteiger partial charge in [0.1, 0.15) is 4.90 Å². The first-order valence-electron chi connectivity index (χ1n) is 5.53. The highest BCUT2D eigenvalue weighted by Gasteiger charge is 2.22. The molecule has 0 aliphatic heterocycles. The van der Waals surface area contributed by atoms with E-state index in [0.29, 0.717) is 5.56 Å².